The van der Waals surface area contributed by atoms with E-state index in [-0.39, 0.29) is 7.43 Å². The molecule has 0 bridgehead atoms. The Kier molecular flexibility index (Phi) is 3.43. The maximum atomic E-state index is 5.99. The van der Waals surface area contributed by atoms with Crippen molar-refractivity contribution in [2.75, 3.05) is 14.1 Å². The molecule has 0 saturated carbocycles. The smallest absolute Gasteiger partial charge is 0.203 e. The van der Waals surface area contributed by atoms with E-state index >= 15 is 0 Å². The molecule has 98 valence electrons. The number of hydrogen-bond acceptors (Lipinski definition) is 1. The van der Waals surface area contributed by atoms with E-state index in [4.69, 9.17) is 4.42 Å². The minimum absolute atomic E-state index is 0. The molecule has 1 aliphatic carbocycles. The summed E-state index contributed by atoms with van der Waals surface area (Å²) in [6, 6.07) is 14.8. The minimum atomic E-state index is 0. The molecule has 1 aliphatic heterocycles. The fourth-order valence-electron chi connectivity index (χ4n) is 2.14. The lowest BCUT2D eigenvalue weighted by Gasteiger charge is -2.06. The van der Waals surface area contributed by atoms with Crippen LogP contribution in [0.2, 0.25) is 0 Å². The zero-order valence-corrected chi connectivity index (χ0v) is 10.9. The van der Waals surface area contributed by atoms with Gasteiger partial charge in [-0.3, -0.25) is 0 Å². The topological polar surface area (TPSA) is 16.1 Å². The van der Waals surface area contributed by atoms with E-state index in [1.54, 1.807) is 0 Å². The summed E-state index contributed by atoms with van der Waals surface area (Å²) in [5.41, 5.74) is 3.30. The Morgan fingerprint density at radius 1 is 0.947 bits per heavy atom. The summed E-state index contributed by atoms with van der Waals surface area (Å²) >= 11 is 0. The molecule has 3 rings (SSSR count). The fraction of sp³-hybridized carbons (Fsp3) is 0.235. The van der Waals surface area contributed by atoms with Crippen LogP contribution in [0, 0.1) is 6.92 Å². The fourth-order valence-corrected chi connectivity index (χ4v) is 2.14. The largest absolute Gasteiger partial charge is 0.456 e. The Morgan fingerprint density at radius 2 is 1.74 bits per heavy atom. The molecule has 0 amide bonds. The van der Waals surface area contributed by atoms with E-state index < -0.39 is 0 Å². The summed E-state index contributed by atoms with van der Waals surface area (Å²) in [5.74, 6) is 0.930. The highest BCUT2D eigenvalue weighted by Gasteiger charge is 2.08. The monoisotopic (exact) mass is 254 g/mol. The third kappa shape index (κ3) is 2.39. The van der Waals surface area contributed by atoms with Crippen LogP contribution in [0.3, 0.4) is 0 Å². The highest BCUT2D eigenvalue weighted by molar-refractivity contribution is 5.83. The average Bonchev–Trinajstić information content (AvgIpc) is 2.35. The molecule has 2 heteroatoms. The summed E-state index contributed by atoms with van der Waals surface area (Å²) < 4.78 is 8.07. The number of nitrogens with zero attached hydrogens (tertiary/aromatic N) is 1. The Hall–Kier alpha value is -2.09. The summed E-state index contributed by atoms with van der Waals surface area (Å²) in [6.07, 6.45) is 0. The van der Waals surface area contributed by atoms with E-state index in [1.165, 1.54) is 5.56 Å². The third-order valence-corrected chi connectivity index (χ3v) is 3.21. The van der Waals surface area contributed by atoms with Crippen molar-refractivity contribution in [2.45, 2.75) is 14.4 Å². The first kappa shape index (κ1) is 13.3. The zero-order valence-electron chi connectivity index (χ0n) is 10.9. The van der Waals surface area contributed by atoms with E-state index in [0.29, 0.717) is 0 Å². The normalized spacial score (nSPS) is 10.5. The number of fused-ring (bicyclic) bond motifs is 2. The van der Waals surface area contributed by atoms with Crippen molar-refractivity contribution in [1.82, 2.24) is 4.58 Å². The first-order chi connectivity index (χ1) is 8.63. The number of hydrogen-bond donors (Lipinski definition) is 0. The summed E-state index contributed by atoms with van der Waals surface area (Å²) in [7, 11) is 4.07. The molecule has 2 nitrogen and oxygen atoms in total. The second kappa shape index (κ2) is 4.88. The molecule has 1 aromatic carbocycles. The van der Waals surface area contributed by atoms with Gasteiger partial charge >= 0.3 is 0 Å². The molecule has 19 heavy (non-hydrogen) atoms. The van der Waals surface area contributed by atoms with E-state index in [1.807, 2.05) is 14.1 Å². The van der Waals surface area contributed by atoms with Gasteiger partial charge < -0.3 is 4.42 Å². The van der Waals surface area contributed by atoms with Gasteiger partial charge in [-0.25, -0.2) is 4.58 Å². The van der Waals surface area contributed by atoms with Gasteiger partial charge in [-0.2, -0.15) is 0 Å². The van der Waals surface area contributed by atoms with Gasteiger partial charge in [0.05, 0.1) is 6.07 Å². The summed E-state index contributed by atoms with van der Waals surface area (Å²) in [4.78, 5) is 0. The molecule has 1 aromatic rings. The summed E-state index contributed by atoms with van der Waals surface area (Å²) in [6.45, 7) is 2.08. The van der Waals surface area contributed by atoms with Gasteiger partial charge in [0.25, 0.3) is 0 Å². The van der Waals surface area contributed by atoms with Crippen LogP contribution in [-0.4, -0.2) is 14.1 Å². The predicted octanol–water partition coefficient (Wildman–Crippen LogP) is 3.51. The van der Waals surface area contributed by atoms with Crippen LogP contribution in [-0.2, 0) is 0 Å². The second-order valence-corrected chi connectivity index (χ2v) is 4.90. The Bertz CT molecular complexity index is 764. The Morgan fingerprint density at radius 3 is 2.47 bits per heavy atom. The maximum absolute atomic E-state index is 5.99. The highest BCUT2D eigenvalue weighted by atomic mass is 16.3. The standard InChI is InChI=1S/C16H16NO.CH4/c1-11-4-5-12-9-13-6-7-14(17(2)3)10-16(13)18-15(12)8-11;/h4-10H,1-3H3;1H4/q+1;. The lowest BCUT2D eigenvalue weighted by molar-refractivity contribution is 0.616. The molecular formula is C17H20NO+. The maximum Gasteiger partial charge on any atom is 0.203 e. The van der Waals surface area contributed by atoms with E-state index in [2.05, 4.69) is 54.0 Å². The SMILES string of the molecule is C.Cc1ccc2cc3ccc(=[N+](C)C)cc-3oc2c1. The molecule has 0 spiro atoms. The number of aryl methyl sites for hydroxylation is 1. The van der Waals surface area contributed by atoms with Gasteiger partial charge in [-0.05, 0) is 30.7 Å². The van der Waals surface area contributed by atoms with Crippen molar-refractivity contribution >= 4 is 11.0 Å². The molecule has 1 heterocycles. The Balaban J connectivity index is 0.00000133. The van der Waals surface area contributed by atoms with Crippen LogP contribution in [0.15, 0.2) is 46.9 Å². The lowest BCUT2D eigenvalue weighted by atomic mass is 10.1. The molecule has 0 unspecified atom stereocenters. The minimum Gasteiger partial charge on any atom is -0.456 e. The molecule has 0 radical (unpaired) electrons. The van der Waals surface area contributed by atoms with Gasteiger partial charge in [-0.15, -0.1) is 0 Å². The first-order valence-corrected chi connectivity index (χ1v) is 6.08. The zero-order chi connectivity index (χ0) is 12.7. The van der Waals surface area contributed by atoms with Crippen LogP contribution in [0.1, 0.15) is 13.0 Å². The first-order valence-electron chi connectivity index (χ1n) is 6.08. The van der Waals surface area contributed by atoms with E-state index in [9.17, 15) is 0 Å². The number of rotatable bonds is 0. The van der Waals surface area contributed by atoms with Crippen molar-refractivity contribution in [3.8, 4) is 11.3 Å². The molecule has 0 aromatic heterocycles. The molecule has 0 saturated heterocycles. The third-order valence-electron chi connectivity index (χ3n) is 3.21. The van der Waals surface area contributed by atoms with Crippen molar-refractivity contribution in [3.63, 3.8) is 0 Å². The Labute approximate surface area is 114 Å². The van der Waals surface area contributed by atoms with Gasteiger partial charge in [0.1, 0.15) is 25.4 Å². The van der Waals surface area contributed by atoms with Crippen LogP contribution >= 0.6 is 0 Å². The van der Waals surface area contributed by atoms with Crippen LogP contribution in [0.25, 0.3) is 22.3 Å². The molecular weight excluding hydrogens is 234 g/mol. The summed E-state index contributed by atoms with van der Waals surface area (Å²) in [5, 5.41) is 2.30. The predicted molar refractivity (Wildman–Crippen MR) is 81.4 cm³/mol. The van der Waals surface area contributed by atoms with Crippen molar-refractivity contribution < 1.29 is 4.42 Å². The lowest BCUT2D eigenvalue weighted by Crippen LogP contribution is -2.21. The van der Waals surface area contributed by atoms with Gasteiger partial charge in [0.15, 0.2) is 0 Å². The van der Waals surface area contributed by atoms with Crippen molar-refractivity contribution in [2.24, 2.45) is 0 Å². The van der Waals surface area contributed by atoms with Gasteiger partial charge in [-0.1, -0.05) is 19.6 Å². The second-order valence-electron chi connectivity index (χ2n) is 4.90. The quantitative estimate of drug-likeness (QED) is 0.443. The van der Waals surface area contributed by atoms with Gasteiger partial charge in [0.2, 0.25) is 5.36 Å². The molecule has 0 atom stereocenters. The van der Waals surface area contributed by atoms with Gasteiger partial charge in [0, 0.05) is 17.0 Å². The molecule has 0 fully saturated rings. The highest BCUT2D eigenvalue weighted by Crippen LogP contribution is 2.27. The molecule has 2 aliphatic rings. The van der Waals surface area contributed by atoms with E-state index in [0.717, 1.165) is 27.7 Å². The van der Waals surface area contributed by atoms with Crippen LogP contribution in [0.4, 0.5) is 0 Å². The van der Waals surface area contributed by atoms with Crippen LogP contribution < -0.4 is 9.93 Å². The van der Waals surface area contributed by atoms with Crippen molar-refractivity contribution in [3.05, 3.63) is 53.4 Å². The number of benzene rings is 2. The average molecular weight is 254 g/mol. The van der Waals surface area contributed by atoms with Crippen LogP contribution in [0.5, 0.6) is 0 Å². The molecule has 0 N–H and O–H groups in total. The van der Waals surface area contributed by atoms with Crippen molar-refractivity contribution in [1.29, 1.82) is 0 Å².